The minimum Gasteiger partial charge on any atom is -0.388 e. The van der Waals surface area contributed by atoms with Crippen molar-refractivity contribution in [1.82, 2.24) is 15.0 Å². The van der Waals surface area contributed by atoms with E-state index >= 15 is 0 Å². The van der Waals surface area contributed by atoms with Gasteiger partial charge in [-0.2, -0.15) is 0 Å². The number of aryl methyl sites for hydroxylation is 1. The van der Waals surface area contributed by atoms with Crippen molar-refractivity contribution in [3.8, 4) is 0 Å². The van der Waals surface area contributed by atoms with Crippen LogP contribution < -0.4 is 0 Å². The molecule has 1 aromatic carbocycles. The lowest BCUT2D eigenvalue weighted by Gasteiger charge is -2.10. The van der Waals surface area contributed by atoms with Crippen molar-refractivity contribution in [1.29, 1.82) is 0 Å². The van der Waals surface area contributed by atoms with Crippen LogP contribution in [0.4, 0.5) is 0 Å². The standard InChI is InChI=1S/C11H11BrClN3O/c1-16-6-8(14-15-16)5-11(17)7-2-3-10(13)9(12)4-7/h2-4,6,11,17H,5H2,1H3. The molecule has 2 rings (SSSR count). The zero-order valence-electron chi connectivity index (χ0n) is 9.14. The van der Waals surface area contributed by atoms with Crippen molar-refractivity contribution in [2.45, 2.75) is 12.5 Å². The first-order chi connectivity index (χ1) is 8.06. The lowest BCUT2D eigenvalue weighted by Crippen LogP contribution is -2.02. The summed E-state index contributed by atoms with van der Waals surface area (Å²) in [5.74, 6) is 0. The van der Waals surface area contributed by atoms with Gasteiger partial charge >= 0.3 is 0 Å². The van der Waals surface area contributed by atoms with Gasteiger partial charge in [0.1, 0.15) is 0 Å². The smallest absolute Gasteiger partial charge is 0.0856 e. The van der Waals surface area contributed by atoms with Gasteiger partial charge in [0.2, 0.25) is 0 Å². The highest BCUT2D eigenvalue weighted by atomic mass is 79.9. The number of rotatable bonds is 3. The highest BCUT2D eigenvalue weighted by Gasteiger charge is 2.12. The van der Waals surface area contributed by atoms with E-state index in [1.54, 1.807) is 30.1 Å². The van der Waals surface area contributed by atoms with E-state index in [-0.39, 0.29) is 0 Å². The van der Waals surface area contributed by atoms with E-state index in [4.69, 9.17) is 11.6 Å². The Hall–Kier alpha value is -0.910. The van der Waals surface area contributed by atoms with Crippen LogP contribution in [-0.2, 0) is 13.5 Å². The van der Waals surface area contributed by atoms with Gasteiger partial charge in [0.05, 0.1) is 16.8 Å². The van der Waals surface area contributed by atoms with E-state index in [1.165, 1.54) is 0 Å². The average molecular weight is 317 g/mol. The topological polar surface area (TPSA) is 50.9 Å². The van der Waals surface area contributed by atoms with Gasteiger partial charge in [0, 0.05) is 24.1 Å². The predicted octanol–water partition coefficient (Wildman–Crippen LogP) is 2.51. The normalized spacial score (nSPS) is 12.7. The summed E-state index contributed by atoms with van der Waals surface area (Å²) >= 11 is 9.22. The van der Waals surface area contributed by atoms with Crippen LogP contribution >= 0.6 is 27.5 Å². The second-order valence-electron chi connectivity index (χ2n) is 3.78. The minimum absolute atomic E-state index is 0.432. The summed E-state index contributed by atoms with van der Waals surface area (Å²) in [6.45, 7) is 0. The van der Waals surface area contributed by atoms with Crippen LogP contribution in [-0.4, -0.2) is 20.1 Å². The zero-order valence-corrected chi connectivity index (χ0v) is 11.5. The van der Waals surface area contributed by atoms with Crippen LogP contribution in [0.25, 0.3) is 0 Å². The Balaban J connectivity index is 2.14. The largest absolute Gasteiger partial charge is 0.388 e. The number of nitrogens with zero attached hydrogens (tertiary/aromatic N) is 3. The molecule has 90 valence electrons. The van der Waals surface area contributed by atoms with E-state index in [2.05, 4.69) is 26.2 Å². The fraction of sp³-hybridized carbons (Fsp3) is 0.273. The maximum atomic E-state index is 10.1. The van der Waals surface area contributed by atoms with Crippen LogP contribution in [0.3, 0.4) is 0 Å². The molecule has 1 aromatic heterocycles. The third-order valence-corrected chi connectivity index (χ3v) is 3.59. The second kappa shape index (κ2) is 5.16. The molecule has 0 saturated carbocycles. The number of halogens is 2. The van der Waals surface area contributed by atoms with Crippen LogP contribution in [0.5, 0.6) is 0 Å². The fourth-order valence-corrected chi connectivity index (χ4v) is 2.04. The quantitative estimate of drug-likeness (QED) is 0.946. The average Bonchev–Trinajstić information content (AvgIpc) is 2.68. The molecule has 17 heavy (non-hydrogen) atoms. The SMILES string of the molecule is Cn1cc(CC(O)c2ccc(Cl)c(Br)c2)nn1. The number of hydrogen-bond donors (Lipinski definition) is 1. The summed E-state index contributed by atoms with van der Waals surface area (Å²) in [6.07, 6.45) is 1.61. The Labute approximate surface area is 112 Å². The summed E-state index contributed by atoms with van der Waals surface area (Å²) in [4.78, 5) is 0. The highest BCUT2D eigenvalue weighted by Crippen LogP contribution is 2.27. The van der Waals surface area contributed by atoms with Gasteiger partial charge in [-0.15, -0.1) is 5.10 Å². The molecule has 0 aliphatic carbocycles. The predicted molar refractivity (Wildman–Crippen MR) is 68.8 cm³/mol. The van der Waals surface area contributed by atoms with Gasteiger partial charge in [-0.05, 0) is 33.6 Å². The van der Waals surface area contributed by atoms with Gasteiger partial charge < -0.3 is 5.11 Å². The van der Waals surface area contributed by atoms with Crippen molar-refractivity contribution in [2.75, 3.05) is 0 Å². The molecule has 0 amide bonds. The Morgan fingerprint density at radius 1 is 1.53 bits per heavy atom. The van der Waals surface area contributed by atoms with Gasteiger partial charge in [0.15, 0.2) is 0 Å². The first-order valence-electron chi connectivity index (χ1n) is 5.04. The Morgan fingerprint density at radius 3 is 2.88 bits per heavy atom. The number of aliphatic hydroxyl groups is 1. The number of aromatic nitrogens is 3. The Bertz CT molecular complexity index is 529. The molecular formula is C11H11BrClN3O. The first kappa shape index (κ1) is 12.5. The van der Waals surface area contributed by atoms with E-state index in [9.17, 15) is 5.11 Å². The maximum Gasteiger partial charge on any atom is 0.0856 e. The molecular weight excluding hydrogens is 305 g/mol. The zero-order chi connectivity index (χ0) is 12.4. The summed E-state index contributed by atoms with van der Waals surface area (Å²) in [5.41, 5.74) is 1.55. The summed E-state index contributed by atoms with van der Waals surface area (Å²) in [6, 6.07) is 5.36. The highest BCUT2D eigenvalue weighted by molar-refractivity contribution is 9.10. The Kier molecular flexibility index (Phi) is 3.81. The van der Waals surface area contributed by atoms with Crippen LogP contribution in [0.15, 0.2) is 28.9 Å². The number of aliphatic hydroxyl groups excluding tert-OH is 1. The molecule has 0 radical (unpaired) electrons. The molecule has 1 atom stereocenters. The van der Waals surface area contributed by atoms with Crippen LogP contribution in [0, 0.1) is 0 Å². The van der Waals surface area contributed by atoms with Gasteiger partial charge in [0.25, 0.3) is 0 Å². The second-order valence-corrected chi connectivity index (χ2v) is 5.04. The lowest BCUT2D eigenvalue weighted by molar-refractivity contribution is 0.177. The molecule has 4 nitrogen and oxygen atoms in total. The van der Waals surface area contributed by atoms with Crippen molar-refractivity contribution < 1.29 is 5.11 Å². The monoisotopic (exact) mass is 315 g/mol. The molecule has 6 heteroatoms. The molecule has 0 aliphatic rings. The molecule has 1 heterocycles. The molecule has 0 spiro atoms. The van der Waals surface area contributed by atoms with Crippen molar-refractivity contribution >= 4 is 27.5 Å². The van der Waals surface area contributed by atoms with Crippen LogP contribution in [0.1, 0.15) is 17.4 Å². The minimum atomic E-state index is -0.611. The van der Waals surface area contributed by atoms with Crippen molar-refractivity contribution in [3.63, 3.8) is 0 Å². The van der Waals surface area contributed by atoms with Crippen molar-refractivity contribution in [2.24, 2.45) is 7.05 Å². The summed E-state index contributed by atoms with van der Waals surface area (Å²) < 4.78 is 2.38. The summed E-state index contributed by atoms with van der Waals surface area (Å²) in [7, 11) is 1.79. The number of hydrogen-bond acceptors (Lipinski definition) is 3. The third-order valence-electron chi connectivity index (χ3n) is 2.38. The molecule has 2 aromatic rings. The summed E-state index contributed by atoms with van der Waals surface area (Å²) in [5, 5.41) is 18.4. The maximum absolute atomic E-state index is 10.1. The molecule has 0 fully saturated rings. The lowest BCUT2D eigenvalue weighted by atomic mass is 10.1. The van der Waals surface area contributed by atoms with Crippen LogP contribution in [0.2, 0.25) is 5.02 Å². The molecule has 1 N–H and O–H groups in total. The first-order valence-corrected chi connectivity index (χ1v) is 6.21. The van der Waals surface area contributed by atoms with Gasteiger partial charge in [-0.3, -0.25) is 4.68 Å². The van der Waals surface area contributed by atoms with E-state index < -0.39 is 6.10 Å². The Morgan fingerprint density at radius 2 is 2.29 bits per heavy atom. The van der Waals surface area contributed by atoms with E-state index in [0.717, 1.165) is 15.7 Å². The van der Waals surface area contributed by atoms with Crippen molar-refractivity contribution in [3.05, 3.63) is 45.1 Å². The molecule has 0 aliphatic heterocycles. The third kappa shape index (κ3) is 3.06. The van der Waals surface area contributed by atoms with E-state index in [1.807, 2.05) is 6.07 Å². The van der Waals surface area contributed by atoms with Gasteiger partial charge in [-0.25, -0.2) is 0 Å². The fourth-order valence-electron chi connectivity index (χ4n) is 1.52. The number of benzene rings is 1. The van der Waals surface area contributed by atoms with E-state index in [0.29, 0.717) is 11.4 Å². The molecule has 0 bridgehead atoms. The molecule has 1 unspecified atom stereocenters. The molecule has 0 saturated heterocycles. The van der Waals surface area contributed by atoms with Gasteiger partial charge in [-0.1, -0.05) is 22.9 Å².